The summed E-state index contributed by atoms with van der Waals surface area (Å²) in [5.41, 5.74) is 1.12. The number of benzene rings is 1. The molecule has 3 rings (SSSR count). The molecule has 3 aromatic rings. The molecule has 0 aliphatic carbocycles. The van der Waals surface area contributed by atoms with Gasteiger partial charge in [0.15, 0.2) is 0 Å². The average Bonchev–Trinajstić information content (AvgIpc) is 3.06. The van der Waals surface area contributed by atoms with Crippen LogP contribution in [0.5, 0.6) is 0 Å². The molecule has 1 aromatic carbocycles. The van der Waals surface area contributed by atoms with Gasteiger partial charge in [0.1, 0.15) is 5.69 Å². The molecule has 2 heterocycles. The van der Waals surface area contributed by atoms with Gasteiger partial charge in [0.05, 0.1) is 6.42 Å². The highest BCUT2D eigenvalue weighted by Gasteiger charge is 2.14. The summed E-state index contributed by atoms with van der Waals surface area (Å²) in [5.74, 6) is 0.463. The molecule has 0 radical (unpaired) electrons. The fourth-order valence-corrected chi connectivity index (χ4v) is 2.02. The van der Waals surface area contributed by atoms with E-state index in [1.165, 1.54) is 6.07 Å². The maximum absolute atomic E-state index is 12.4. The van der Waals surface area contributed by atoms with E-state index in [-0.39, 0.29) is 11.6 Å². The summed E-state index contributed by atoms with van der Waals surface area (Å²) in [6, 6.07) is 8.64. The molecule has 8 heteroatoms. The van der Waals surface area contributed by atoms with Crippen LogP contribution < -0.4 is 0 Å². The summed E-state index contributed by atoms with van der Waals surface area (Å²) in [4.78, 5) is 0. The molecule has 0 saturated carbocycles. The maximum atomic E-state index is 12.4. The normalized spacial score (nSPS) is 11.2. The van der Waals surface area contributed by atoms with Gasteiger partial charge < -0.3 is 4.42 Å². The zero-order valence-electron chi connectivity index (χ0n) is 10.6. The van der Waals surface area contributed by atoms with Crippen molar-refractivity contribution in [3.8, 4) is 11.6 Å². The summed E-state index contributed by atoms with van der Waals surface area (Å²) in [6.45, 7) is -2.70. The van der Waals surface area contributed by atoms with Gasteiger partial charge in [0, 0.05) is 11.2 Å². The van der Waals surface area contributed by atoms with Crippen molar-refractivity contribution in [3.63, 3.8) is 0 Å². The van der Waals surface area contributed by atoms with Crippen LogP contribution in [-0.2, 0) is 6.42 Å². The Hall–Kier alpha value is -2.28. The highest BCUT2D eigenvalue weighted by atomic mass is 35.5. The van der Waals surface area contributed by atoms with E-state index in [0.29, 0.717) is 22.0 Å². The van der Waals surface area contributed by atoms with Crippen molar-refractivity contribution in [3.05, 3.63) is 53.0 Å². The van der Waals surface area contributed by atoms with Gasteiger partial charge in [-0.2, -0.15) is 13.9 Å². The first kappa shape index (κ1) is 13.7. The number of alkyl halides is 2. The van der Waals surface area contributed by atoms with Crippen LogP contribution in [0.25, 0.3) is 11.6 Å². The molecule has 0 N–H and O–H groups in total. The topological polar surface area (TPSA) is 56.7 Å². The molecule has 2 aromatic heterocycles. The van der Waals surface area contributed by atoms with Gasteiger partial charge in [-0.15, -0.1) is 10.2 Å². The minimum Gasteiger partial charge on any atom is -0.419 e. The van der Waals surface area contributed by atoms with E-state index in [9.17, 15) is 8.78 Å². The van der Waals surface area contributed by atoms with Gasteiger partial charge in [-0.25, -0.2) is 4.68 Å². The predicted octanol–water partition coefficient (Wildman–Crippen LogP) is 3.57. The zero-order valence-corrected chi connectivity index (χ0v) is 11.3. The fraction of sp³-hybridized carbons (Fsp3) is 0.154. The van der Waals surface area contributed by atoms with Gasteiger partial charge >= 0.3 is 6.55 Å². The van der Waals surface area contributed by atoms with E-state index >= 15 is 0 Å². The number of rotatable bonds is 4. The molecule has 0 amide bonds. The molecular formula is C13H9ClF2N4O. The van der Waals surface area contributed by atoms with E-state index in [1.54, 1.807) is 12.1 Å². The molecule has 0 fully saturated rings. The lowest BCUT2D eigenvalue weighted by molar-refractivity contribution is 0.0568. The molecular weight excluding hydrogens is 302 g/mol. The second-order valence-corrected chi connectivity index (χ2v) is 4.70. The number of halogens is 3. The predicted molar refractivity (Wildman–Crippen MR) is 71.0 cm³/mol. The highest BCUT2D eigenvalue weighted by Crippen LogP contribution is 2.20. The lowest BCUT2D eigenvalue weighted by Gasteiger charge is -1.97. The summed E-state index contributed by atoms with van der Waals surface area (Å²) in [5, 5.41) is 12.0. The molecule has 21 heavy (non-hydrogen) atoms. The monoisotopic (exact) mass is 310 g/mol. The molecule has 0 atom stereocenters. The Labute approximate surface area is 123 Å². The van der Waals surface area contributed by atoms with E-state index in [4.69, 9.17) is 16.0 Å². The van der Waals surface area contributed by atoms with Gasteiger partial charge in [-0.05, 0) is 23.8 Å². The van der Waals surface area contributed by atoms with Crippen LogP contribution in [0.2, 0.25) is 5.02 Å². The van der Waals surface area contributed by atoms with Crippen LogP contribution in [0.15, 0.2) is 40.9 Å². The summed E-state index contributed by atoms with van der Waals surface area (Å²) >= 11 is 5.89. The van der Waals surface area contributed by atoms with Crippen LogP contribution in [0.4, 0.5) is 8.78 Å². The van der Waals surface area contributed by atoms with Crippen molar-refractivity contribution in [1.82, 2.24) is 20.0 Å². The van der Waals surface area contributed by atoms with Gasteiger partial charge in [-0.3, -0.25) is 0 Å². The van der Waals surface area contributed by atoms with Crippen LogP contribution in [0.1, 0.15) is 18.0 Å². The third-order valence-corrected chi connectivity index (χ3v) is 2.97. The number of aromatic nitrogens is 4. The number of hydrogen-bond acceptors (Lipinski definition) is 4. The maximum Gasteiger partial charge on any atom is 0.333 e. The molecule has 0 bridgehead atoms. The van der Waals surface area contributed by atoms with E-state index in [0.717, 1.165) is 11.8 Å². The third-order valence-electron chi connectivity index (χ3n) is 2.74. The molecule has 5 nitrogen and oxygen atoms in total. The molecule has 0 spiro atoms. The van der Waals surface area contributed by atoms with Crippen LogP contribution >= 0.6 is 11.6 Å². The van der Waals surface area contributed by atoms with Crippen LogP contribution in [-0.4, -0.2) is 20.0 Å². The highest BCUT2D eigenvalue weighted by molar-refractivity contribution is 6.30. The average molecular weight is 311 g/mol. The largest absolute Gasteiger partial charge is 0.419 e. The first-order valence-corrected chi connectivity index (χ1v) is 6.40. The molecule has 0 aliphatic heterocycles. The Kier molecular flexibility index (Phi) is 3.66. The van der Waals surface area contributed by atoms with Crippen LogP contribution in [0.3, 0.4) is 0 Å². The lowest BCUT2D eigenvalue weighted by Crippen LogP contribution is -1.98. The van der Waals surface area contributed by atoms with Crippen molar-refractivity contribution < 1.29 is 13.2 Å². The van der Waals surface area contributed by atoms with Crippen LogP contribution in [0, 0.1) is 0 Å². The van der Waals surface area contributed by atoms with E-state index in [2.05, 4.69) is 15.3 Å². The standard InChI is InChI=1S/C13H9ClF2N4O/c14-9-3-1-2-8(6-9)7-11-17-18-12(21-11)10-4-5-20(19-10)13(15)16/h1-6,13H,7H2. The first-order valence-electron chi connectivity index (χ1n) is 6.02. The molecule has 0 unspecified atom stereocenters. The Morgan fingerprint density at radius 1 is 1.24 bits per heavy atom. The van der Waals surface area contributed by atoms with Crippen molar-refractivity contribution in [1.29, 1.82) is 0 Å². The summed E-state index contributed by atoms with van der Waals surface area (Å²) < 4.78 is 30.8. The fourth-order valence-electron chi connectivity index (χ4n) is 1.81. The smallest absolute Gasteiger partial charge is 0.333 e. The minimum absolute atomic E-state index is 0.103. The van der Waals surface area contributed by atoms with Crippen molar-refractivity contribution in [2.24, 2.45) is 0 Å². The zero-order chi connectivity index (χ0) is 14.8. The second-order valence-electron chi connectivity index (χ2n) is 4.27. The number of hydrogen-bond donors (Lipinski definition) is 0. The molecule has 0 aliphatic rings. The Balaban J connectivity index is 1.79. The Morgan fingerprint density at radius 3 is 2.81 bits per heavy atom. The van der Waals surface area contributed by atoms with Crippen molar-refractivity contribution in [2.45, 2.75) is 13.0 Å². The number of nitrogens with zero attached hydrogens (tertiary/aromatic N) is 4. The van der Waals surface area contributed by atoms with Gasteiger partial charge in [0.2, 0.25) is 5.89 Å². The second kappa shape index (κ2) is 5.61. The van der Waals surface area contributed by atoms with Gasteiger partial charge in [-0.1, -0.05) is 23.7 Å². The van der Waals surface area contributed by atoms with Gasteiger partial charge in [0.25, 0.3) is 5.89 Å². The quantitative estimate of drug-likeness (QED) is 0.739. The molecule has 108 valence electrons. The van der Waals surface area contributed by atoms with E-state index < -0.39 is 6.55 Å². The Morgan fingerprint density at radius 2 is 2.10 bits per heavy atom. The SMILES string of the molecule is FC(F)n1ccc(-c2nnc(Cc3cccc(Cl)c3)o2)n1. The minimum atomic E-state index is -2.70. The first-order chi connectivity index (χ1) is 10.1. The summed E-state index contributed by atoms with van der Waals surface area (Å²) in [6.07, 6.45) is 1.56. The third kappa shape index (κ3) is 3.08. The summed E-state index contributed by atoms with van der Waals surface area (Å²) in [7, 11) is 0. The van der Waals surface area contributed by atoms with E-state index in [1.807, 2.05) is 12.1 Å². The Bertz CT molecular complexity index is 756. The lowest BCUT2D eigenvalue weighted by atomic mass is 10.1. The molecule has 0 saturated heterocycles. The van der Waals surface area contributed by atoms with Crippen molar-refractivity contribution in [2.75, 3.05) is 0 Å². The van der Waals surface area contributed by atoms with Crippen molar-refractivity contribution >= 4 is 11.6 Å².